The summed E-state index contributed by atoms with van der Waals surface area (Å²) in [7, 11) is 1.57. The third-order valence-electron chi connectivity index (χ3n) is 3.31. The highest BCUT2D eigenvalue weighted by atomic mass is 16.5. The van der Waals surface area contributed by atoms with Crippen molar-refractivity contribution in [1.29, 1.82) is 0 Å². The SMILES string of the molecule is COc1nccnc1C(N)c1ccc(C(C)(C)C)cc1. The third kappa shape index (κ3) is 2.96. The van der Waals surface area contributed by atoms with Crippen molar-refractivity contribution >= 4 is 0 Å². The highest BCUT2D eigenvalue weighted by Crippen LogP contribution is 2.27. The van der Waals surface area contributed by atoms with Crippen molar-refractivity contribution in [2.45, 2.75) is 32.2 Å². The van der Waals surface area contributed by atoms with Crippen LogP contribution in [0.25, 0.3) is 0 Å². The van der Waals surface area contributed by atoms with E-state index >= 15 is 0 Å². The van der Waals surface area contributed by atoms with Crippen molar-refractivity contribution in [2.24, 2.45) is 5.73 Å². The number of hydrogen-bond donors (Lipinski definition) is 1. The zero-order valence-corrected chi connectivity index (χ0v) is 12.4. The molecule has 20 heavy (non-hydrogen) atoms. The first-order valence-corrected chi connectivity index (χ1v) is 6.64. The van der Waals surface area contributed by atoms with Crippen molar-refractivity contribution < 1.29 is 4.74 Å². The fraction of sp³-hybridized carbons (Fsp3) is 0.375. The predicted molar refractivity (Wildman–Crippen MR) is 79.8 cm³/mol. The summed E-state index contributed by atoms with van der Waals surface area (Å²) >= 11 is 0. The first kappa shape index (κ1) is 14.5. The number of aromatic nitrogens is 2. The van der Waals surface area contributed by atoms with Crippen LogP contribution in [0, 0.1) is 0 Å². The van der Waals surface area contributed by atoms with Crippen LogP contribution in [0.4, 0.5) is 0 Å². The van der Waals surface area contributed by atoms with Crippen LogP contribution in [-0.4, -0.2) is 17.1 Å². The zero-order valence-electron chi connectivity index (χ0n) is 12.4. The topological polar surface area (TPSA) is 61.0 Å². The monoisotopic (exact) mass is 271 g/mol. The van der Waals surface area contributed by atoms with Gasteiger partial charge in [0.2, 0.25) is 5.88 Å². The number of hydrogen-bond acceptors (Lipinski definition) is 4. The van der Waals surface area contributed by atoms with Gasteiger partial charge in [0, 0.05) is 12.4 Å². The van der Waals surface area contributed by atoms with Gasteiger partial charge in [-0.15, -0.1) is 0 Å². The maximum Gasteiger partial charge on any atom is 0.237 e. The molecule has 0 aliphatic carbocycles. The Labute approximate surface area is 120 Å². The molecule has 1 aromatic carbocycles. The van der Waals surface area contributed by atoms with Gasteiger partial charge in [-0.25, -0.2) is 4.98 Å². The van der Waals surface area contributed by atoms with Crippen LogP contribution in [0.2, 0.25) is 0 Å². The van der Waals surface area contributed by atoms with Gasteiger partial charge in [-0.1, -0.05) is 45.0 Å². The van der Waals surface area contributed by atoms with Crippen LogP contribution in [0.1, 0.15) is 43.6 Å². The molecule has 0 saturated carbocycles. The molecule has 2 rings (SSSR count). The maximum absolute atomic E-state index is 6.27. The Morgan fingerprint density at radius 2 is 1.65 bits per heavy atom. The Hall–Kier alpha value is -1.94. The van der Waals surface area contributed by atoms with Gasteiger partial charge in [0.15, 0.2) is 0 Å². The molecule has 106 valence electrons. The first-order valence-electron chi connectivity index (χ1n) is 6.64. The smallest absolute Gasteiger partial charge is 0.237 e. The summed E-state index contributed by atoms with van der Waals surface area (Å²) in [5.41, 5.74) is 9.33. The van der Waals surface area contributed by atoms with Crippen LogP contribution in [0.3, 0.4) is 0 Å². The molecule has 0 saturated heterocycles. The lowest BCUT2D eigenvalue weighted by Gasteiger charge is -2.20. The maximum atomic E-state index is 6.27. The molecular weight excluding hydrogens is 250 g/mol. The molecule has 4 nitrogen and oxygen atoms in total. The lowest BCUT2D eigenvalue weighted by atomic mass is 9.86. The lowest BCUT2D eigenvalue weighted by Crippen LogP contribution is -2.16. The second kappa shape index (κ2) is 5.59. The summed E-state index contributed by atoms with van der Waals surface area (Å²) in [6.07, 6.45) is 3.22. The van der Waals surface area contributed by atoms with Gasteiger partial charge in [0.05, 0.1) is 13.2 Å². The summed E-state index contributed by atoms with van der Waals surface area (Å²) in [6, 6.07) is 7.96. The van der Waals surface area contributed by atoms with Gasteiger partial charge >= 0.3 is 0 Å². The molecule has 1 heterocycles. The van der Waals surface area contributed by atoms with Crippen LogP contribution in [0.15, 0.2) is 36.7 Å². The Morgan fingerprint density at radius 3 is 2.20 bits per heavy atom. The van der Waals surface area contributed by atoms with Crippen LogP contribution >= 0.6 is 0 Å². The number of methoxy groups -OCH3 is 1. The van der Waals surface area contributed by atoms with Gasteiger partial charge in [-0.2, -0.15) is 0 Å². The highest BCUT2D eigenvalue weighted by molar-refractivity contribution is 5.35. The van der Waals surface area contributed by atoms with Crippen molar-refractivity contribution in [3.63, 3.8) is 0 Å². The highest BCUT2D eigenvalue weighted by Gasteiger charge is 2.18. The summed E-state index contributed by atoms with van der Waals surface area (Å²) in [5, 5.41) is 0. The fourth-order valence-corrected chi connectivity index (χ4v) is 2.05. The summed E-state index contributed by atoms with van der Waals surface area (Å²) in [5.74, 6) is 0.472. The van der Waals surface area contributed by atoms with Crippen LogP contribution in [-0.2, 0) is 5.41 Å². The van der Waals surface area contributed by atoms with E-state index in [-0.39, 0.29) is 11.5 Å². The first-order chi connectivity index (χ1) is 9.43. The lowest BCUT2D eigenvalue weighted by molar-refractivity contribution is 0.387. The summed E-state index contributed by atoms with van der Waals surface area (Å²) in [6.45, 7) is 6.56. The minimum Gasteiger partial charge on any atom is -0.480 e. The van der Waals surface area contributed by atoms with Gasteiger partial charge in [-0.3, -0.25) is 4.98 Å². The van der Waals surface area contributed by atoms with E-state index in [1.165, 1.54) is 5.56 Å². The van der Waals surface area contributed by atoms with Crippen molar-refractivity contribution in [3.8, 4) is 5.88 Å². The third-order valence-corrected chi connectivity index (χ3v) is 3.31. The van der Waals surface area contributed by atoms with Gasteiger partial charge < -0.3 is 10.5 Å². The van der Waals surface area contributed by atoms with E-state index in [0.29, 0.717) is 11.6 Å². The quantitative estimate of drug-likeness (QED) is 0.932. The van der Waals surface area contributed by atoms with E-state index in [1.54, 1.807) is 19.5 Å². The van der Waals surface area contributed by atoms with Crippen LogP contribution < -0.4 is 10.5 Å². The molecule has 0 fully saturated rings. The van der Waals surface area contributed by atoms with Crippen LogP contribution in [0.5, 0.6) is 5.88 Å². The number of nitrogens with two attached hydrogens (primary N) is 1. The average molecular weight is 271 g/mol. The largest absolute Gasteiger partial charge is 0.480 e. The molecule has 2 N–H and O–H groups in total. The average Bonchev–Trinajstić information content (AvgIpc) is 2.45. The summed E-state index contributed by atoms with van der Waals surface area (Å²) in [4.78, 5) is 8.42. The van der Waals surface area contributed by atoms with Gasteiger partial charge in [-0.05, 0) is 16.5 Å². The molecule has 0 bridgehead atoms. The number of rotatable bonds is 3. The fourth-order valence-electron chi connectivity index (χ4n) is 2.05. The minimum absolute atomic E-state index is 0.132. The van der Waals surface area contributed by atoms with E-state index in [9.17, 15) is 0 Å². The Bertz CT molecular complexity index is 573. The van der Waals surface area contributed by atoms with E-state index in [4.69, 9.17) is 10.5 Å². The molecule has 0 aliphatic heterocycles. The molecule has 0 amide bonds. The minimum atomic E-state index is -0.340. The number of ether oxygens (including phenoxy) is 1. The molecular formula is C16H21N3O. The van der Waals surface area contributed by atoms with E-state index in [2.05, 4.69) is 42.9 Å². The molecule has 4 heteroatoms. The van der Waals surface area contributed by atoms with E-state index < -0.39 is 0 Å². The van der Waals surface area contributed by atoms with E-state index in [1.807, 2.05) is 12.1 Å². The van der Waals surface area contributed by atoms with Gasteiger partial charge in [0.25, 0.3) is 0 Å². The van der Waals surface area contributed by atoms with Crippen molar-refractivity contribution in [2.75, 3.05) is 7.11 Å². The Balaban J connectivity index is 2.32. The molecule has 1 unspecified atom stereocenters. The molecule has 0 aliphatic rings. The number of benzene rings is 1. The normalized spacial score (nSPS) is 13.1. The Kier molecular flexibility index (Phi) is 4.04. The summed E-state index contributed by atoms with van der Waals surface area (Å²) < 4.78 is 5.21. The second-order valence-corrected chi connectivity index (χ2v) is 5.80. The number of nitrogens with zero attached hydrogens (tertiary/aromatic N) is 2. The van der Waals surface area contributed by atoms with Crippen molar-refractivity contribution in [1.82, 2.24) is 9.97 Å². The van der Waals surface area contributed by atoms with Crippen molar-refractivity contribution in [3.05, 3.63) is 53.5 Å². The molecule has 1 atom stereocenters. The molecule has 2 aromatic rings. The molecule has 0 radical (unpaired) electrons. The van der Waals surface area contributed by atoms with E-state index in [0.717, 1.165) is 5.56 Å². The molecule has 1 aromatic heterocycles. The Morgan fingerprint density at radius 1 is 1.05 bits per heavy atom. The standard InChI is InChI=1S/C16H21N3O/c1-16(2,3)12-7-5-11(6-8-12)13(17)14-15(20-4)19-10-9-18-14/h5-10,13H,17H2,1-4H3. The van der Waals surface area contributed by atoms with Gasteiger partial charge in [0.1, 0.15) is 5.69 Å². The predicted octanol–water partition coefficient (Wildman–Crippen LogP) is 2.83. The molecule has 0 spiro atoms. The zero-order chi connectivity index (χ0) is 14.8. The second-order valence-electron chi connectivity index (χ2n) is 5.80.